The van der Waals surface area contributed by atoms with E-state index in [0.717, 1.165) is 21.5 Å². The van der Waals surface area contributed by atoms with E-state index in [1.165, 1.54) is 29.6 Å². The zero-order valence-corrected chi connectivity index (χ0v) is 24.2. The summed E-state index contributed by atoms with van der Waals surface area (Å²) in [5.41, 5.74) is 3.74. The molecule has 2 aliphatic rings. The van der Waals surface area contributed by atoms with Crippen molar-refractivity contribution in [3.63, 3.8) is 0 Å². The number of carbonyl (C=O) groups excluding carboxylic acids is 3. The molecule has 0 spiro atoms. The van der Waals surface area contributed by atoms with Gasteiger partial charge in [0.15, 0.2) is 12.7 Å². The zero-order chi connectivity index (χ0) is 30.2. The van der Waals surface area contributed by atoms with E-state index in [2.05, 4.69) is 36.2 Å². The van der Waals surface area contributed by atoms with Crippen LogP contribution in [0.2, 0.25) is 0 Å². The van der Waals surface area contributed by atoms with E-state index in [1.807, 2.05) is 47.2 Å². The summed E-state index contributed by atoms with van der Waals surface area (Å²) < 4.78 is 2.03. The SMILES string of the molecule is CC(C(=O)ON1C(=O)CCC1=O)c1ccc(C[n+]2ccc(/C=C3\Sc4ccccc4N3C)c3ccccc32)cc1[N+](=O)[O-]. The number of hydrogen-bond donors (Lipinski definition) is 0. The van der Waals surface area contributed by atoms with Crippen LogP contribution in [0.1, 0.15) is 42.4 Å². The van der Waals surface area contributed by atoms with Crippen LogP contribution >= 0.6 is 11.8 Å². The molecule has 1 aromatic heterocycles. The maximum atomic E-state index is 12.7. The number of nitrogens with zero attached hydrogens (tertiary/aromatic N) is 4. The van der Waals surface area contributed by atoms with Crippen LogP contribution in [0, 0.1) is 10.1 Å². The summed E-state index contributed by atoms with van der Waals surface area (Å²) in [5, 5.41) is 14.6. The number of benzene rings is 3. The molecule has 43 heavy (non-hydrogen) atoms. The monoisotopic (exact) mass is 595 g/mol. The standard InChI is InChI=1S/C32H27N4O6S/c1-20(32(39)42-35-29(37)13-14-30(35)38)23-12-11-21(17-27(23)36(40)41)19-34-16-15-22(24-7-3-4-8-25(24)34)18-31-33(2)26-9-5-6-10-28(26)43-31/h3-12,15-18,20H,13-14,19H2,1-2H3/q+1. The van der Waals surface area contributed by atoms with Crippen molar-refractivity contribution in [2.75, 3.05) is 11.9 Å². The minimum atomic E-state index is -1.07. The molecule has 216 valence electrons. The van der Waals surface area contributed by atoms with Crippen molar-refractivity contribution in [1.29, 1.82) is 0 Å². The zero-order valence-electron chi connectivity index (χ0n) is 23.4. The fourth-order valence-corrected chi connectivity index (χ4v) is 6.42. The number of nitro benzene ring substituents is 1. The Labute approximate surface area is 251 Å². The van der Waals surface area contributed by atoms with Crippen molar-refractivity contribution in [3.05, 3.63) is 111 Å². The van der Waals surface area contributed by atoms with Gasteiger partial charge >= 0.3 is 5.97 Å². The lowest BCUT2D eigenvalue weighted by Gasteiger charge is -2.16. The number of fused-ring (bicyclic) bond motifs is 2. The summed E-state index contributed by atoms with van der Waals surface area (Å²) in [4.78, 5) is 56.3. The van der Waals surface area contributed by atoms with Gasteiger partial charge < -0.3 is 9.74 Å². The predicted octanol–water partition coefficient (Wildman–Crippen LogP) is 5.34. The van der Waals surface area contributed by atoms with Crippen molar-refractivity contribution < 1.29 is 28.7 Å². The molecule has 1 fully saturated rings. The summed E-state index contributed by atoms with van der Waals surface area (Å²) in [6.45, 7) is 1.80. The fourth-order valence-electron chi connectivity index (χ4n) is 5.31. The molecule has 0 N–H and O–H groups in total. The number of rotatable bonds is 7. The molecule has 10 nitrogen and oxygen atoms in total. The van der Waals surface area contributed by atoms with E-state index in [4.69, 9.17) is 4.84 Å². The van der Waals surface area contributed by atoms with Crippen LogP contribution in [-0.4, -0.2) is 34.8 Å². The molecule has 3 heterocycles. The minimum absolute atomic E-state index is 0.0373. The number of aromatic nitrogens is 1. The Balaban J connectivity index is 1.27. The van der Waals surface area contributed by atoms with E-state index < -0.39 is 28.6 Å². The summed E-state index contributed by atoms with van der Waals surface area (Å²) in [6.07, 6.45) is 4.06. The highest BCUT2D eigenvalue weighted by molar-refractivity contribution is 8.03. The number of para-hydroxylation sites is 2. The number of thioether (sulfide) groups is 1. The molecular formula is C32H27N4O6S+. The Morgan fingerprint density at radius 3 is 2.53 bits per heavy atom. The van der Waals surface area contributed by atoms with Gasteiger partial charge in [0.1, 0.15) is 0 Å². The highest BCUT2D eigenvalue weighted by Crippen LogP contribution is 2.45. The van der Waals surface area contributed by atoms with Gasteiger partial charge in [-0.15, -0.1) is 5.06 Å². The molecule has 0 aliphatic carbocycles. The molecule has 11 heteroatoms. The van der Waals surface area contributed by atoms with Gasteiger partial charge in [0.2, 0.25) is 5.52 Å². The Morgan fingerprint density at radius 2 is 1.79 bits per heavy atom. The first-order chi connectivity index (χ1) is 20.7. The number of nitro groups is 1. The smallest absolute Gasteiger partial charge is 0.338 e. The van der Waals surface area contributed by atoms with Crippen LogP contribution in [-0.2, 0) is 25.8 Å². The van der Waals surface area contributed by atoms with Gasteiger partial charge in [-0.05, 0) is 36.8 Å². The van der Waals surface area contributed by atoms with Gasteiger partial charge in [0, 0.05) is 54.1 Å². The molecular weight excluding hydrogens is 568 g/mol. The van der Waals surface area contributed by atoms with Crippen LogP contribution in [0.4, 0.5) is 11.4 Å². The molecule has 0 bridgehead atoms. The first kappa shape index (κ1) is 28.1. The molecule has 0 saturated carbocycles. The lowest BCUT2D eigenvalue weighted by Crippen LogP contribution is -2.35. The van der Waals surface area contributed by atoms with Crippen molar-refractivity contribution in [2.45, 2.75) is 37.1 Å². The van der Waals surface area contributed by atoms with Crippen molar-refractivity contribution in [1.82, 2.24) is 5.06 Å². The molecule has 1 saturated heterocycles. The number of hydroxylamine groups is 2. The molecule has 2 aliphatic heterocycles. The number of amides is 2. The predicted molar refractivity (Wildman–Crippen MR) is 161 cm³/mol. The van der Waals surface area contributed by atoms with E-state index in [-0.39, 0.29) is 24.1 Å². The maximum absolute atomic E-state index is 12.7. The van der Waals surface area contributed by atoms with E-state index in [9.17, 15) is 24.5 Å². The van der Waals surface area contributed by atoms with E-state index >= 15 is 0 Å². The Hall–Kier alpha value is -5.03. The van der Waals surface area contributed by atoms with E-state index in [0.29, 0.717) is 17.2 Å². The largest absolute Gasteiger partial charge is 0.340 e. The second-order valence-electron chi connectivity index (χ2n) is 10.4. The third-order valence-corrected chi connectivity index (χ3v) is 8.83. The van der Waals surface area contributed by atoms with Crippen LogP contribution in [0.3, 0.4) is 0 Å². The quantitative estimate of drug-likeness (QED) is 0.122. The molecule has 3 aromatic carbocycles. The number of pyridine rings is 1. The number of anilines is 1. The van der Waals surface area contributed by atoms with Crippen molar-refractivity contribution >= 4 is 57.9 Å². The molecule has 4 aromatic rings. The fraction of sp³-hybridized carbons (Fsp3) is 0.188. The summed E-state index contributed by atoms with van der Waals surface area (Å²) >= 11 is 1.72. The average molecular weight is 596 g/mol. The normalized spacial score (nSPS) is 16.2. The van der Waals surface area contributed by atoms with Gasteiger partial charge in [0.05, 0.1) is 26.9 Å². The Bertz CT molecular complexity index is 1840. The first-order valence-corrected chi connectivity index (χ1v) is 14.5. The summed E-state index contributed by atoms with van der Waals surface area (Å²) in [7, 11) is 2.05. The van der Waals surface area contributed by atoms with Crippen molar-refractivity contribution in [2.24, 2.45) is 0 Å². The number of hydrogen-bond acceptors (Lipinski definition) is 8. The van der Waals surface area contributed by atoms with Gasteiger partial charge in [-0.3, -0.25) is 19.7 Å². The molecule has 1 atom stereocenters. The second-order valence-corrected chi connectivity index (χ2v) is 11.5. The van der Waals surface area contributed by atoms with Crippen LogP contribution in [0.5, 0.6) is 0 Å². The Morgan fingerprint density at radius 1 is 1.07 bits per heavy atom. The second kappa shape index (κ2) is 11.3. The molecule has 1 unspecified atom stereocenters. The van der Waals surface area contributed by atoms with Crippen LogP contribution < -0.4 is 9.47 Å². The third kappa shape index (κ3) is 5.35. The summed E-state index contributed by atoms with van der Waals surface area (Å²) in [5.74, 6) is -3.21. The average Bonchev–Trinajstić information content (AvgIpc) is 3.50. The topological polar surface area (TPSA) is 114 Å². The minimum Gasteiger partial charge on any atom is -0.338 e. The molecule has 6 rings (SSSR count). The first-order valence-electron chi connectivity index (χ1n) is 13.7. The number of carbonyl (C=O) groups is 3. The lowest BCUT2D eigenvalue weighted by atomic mass is 9.97. The molecule has 2 amide bonds. The number of imide groups is 1. The lowest BCUT2D eigenvalue weighted by molar-refractivity contribution is -0.662. The molecule has 0 radical (unpaired) electrons. The third-order valence-electron chi connectivity index (χ3n) is 7.66. The van der Waals surface area contributed by atoms with Crippen LogP contribution in [0.25, 0.3) is 17.0 Å². The van der Waals surface area contributed by atoms with Crippen molar-refractivity contribution in [3.8, 4) is 0 Å². The summed E-state index contributed by atoms with van der Waals surface area (Å²) in [6, 6.07) is 23.0. The van der Waals surface area contributed by atoms with Gasteiger partial charge in [0.25, 0.3) is 17.5 Å². The highest BCUT2D eigenvalue weighted by atomic mass is 32.2. The van der Waals surface area contributed by atoms with Crippen LogP contribution in [0.15, 0.2) is 88.9 Å². The maximum Gasteiger partial charge on any atom is 0.340 e. The van der Waals surface area contributed by atoms with E-state index in [1.54, 1.807) is 17.8 Å². The van der Waals surface area contributed by atoms with Gasteiger partial charge in [-0.2, -0.15) is 4.57 Å². The van der Waals surface area contributed by atoms with Gasteiger partial charge in [-0.25, -0.2) is 4.79 Å². The Kier molecular flexibility index (Phi) is 7.41. The highest BCUT2D eigenvalue weighted by Gasteiger charge is 2.35. The van der Waals surface area contributed by atoms with Gasteiger partial charge in [-0.1, -0.05) is 48.2 Å².